The average Bonchev–Trinajstić information content (AvgIpc) is 2.43. The summed E-state index contributed by atoms with van der Waals surface area (Å²) in [4.78, 5) is 0. The number of aryl methyl sites for hydroxylation is 1. The molecule has 1 aliphatic heterocycles. The molecule has 4 nitrogen and oxygen atoms in total. The Bertz CT molecular complexity index is 381. The molecule has 0 aromatic heterocycles. The molecule has 0 saturated carbocycles. The Morgan fingerprint density at radius 1 is 1.00 bits per heavy atom. The molecular weight excluding hydrogens is 244 g/mol. The Morgan fingerprint density at radius 3 is 2.37 bits per heavy atom. The molecular formula is C15H22O4. The number of benzene rings is 1. The first-order valence-electron chi connectivity index (χ1n) is 6.83. The van der Waals surface area contributed by atoms with Gasteiger partial charge in [0.25, 0.3) is 0 Å². The summed E-state index contributed by atoms with van der Waals surface area (Å²) in [7, 11) is 0. The molecule has 19 heavy (non-hydrogen) atoms. The van der Waals surface area contributed by atoms with Crippen LogP contribution in [0.25, 0.3) is 0 Å². The van der Waals surface area contributed by atoms with Crippen molar-refractivity contribution in [3.05, 3.63) is 35.9 Å². The van der Waals surface area contributed by atoms with Gasteiger partial charge in [0.15, 0.2) is 0 Å². The first-order valence-corrected chi connectivity index (χ1v) is 6.83. The summed E-state index contributed by atoms with van der Waals surface area (Å²) in [5, 5.41) is 29.2. The zero-order chi connectivity index (χ0) is 13.8. The topological polar surface area (TPSA) is 69.9 Å². The SMILES string of the molecule is CC1OC(CCCc2ccccc2)C(O)C(O)C1O. The van der Waals surface area contributed by atoms with Gasteiger partial charge in [-0.2, -0.15) is 0 Å². The van der Waals surface area contributed by atoms with Crippen LogP contribution < -0.4 is 0 Å². The lowest BCUT2D eigenvalue weighted by Gasteiger charge is -2.39. The van der Waals surface area contributed by atoms with Crippen LogP contribution in [0.4, 0.5) is 0 Å². The summed E-state index contributed by atoms with van der Waals surface area (Å²) in [6, 6.07) is 10.1. The van der Waals surface area contributed by atoms with E-state index < -0.39 is 30.5 Å². The largest absolute Gasteiger partial charge is 0.388 e. The van der Waals surface area contributed by atoms with E-state index in [-0.39, 0.29) is 0 Å². The van der Waals surface area contributed by atoms with Gasteiger partial charge >= 0.3 is 0 Å². The number of rotatable bonds is 4. The highest BCUT2D eigenvalue weighted by atomic mass is 16.5. The summed E-state index contributed by atoms with van der Waals surface area (Å²) in [5.74, 6) is 0. The lowest BCUT2D eigenvalue weighted by Crippen LogP contribution is -2.56. The number of hydrogen-bond donors (Lipinski definition) is 3. The van der Waals surface area contributed by atoms with Crippen molar-refractivity contribution < 1.29 is 20.1 Å². The van der Waals surface area contributed by atoms with Crippen LogP contribution in [0.15, 0.2) is 30.3 Å². The van der Waals surface area contributed by atoms with Gasteiger partial charge in [-0.25, -0.2) is 0 Å². The zero-order valence-corrected chi connectivity index (χ0v) is 11.1. The van der Waals surface area contributed by atoms with Gasteiger partial charge in [-0.15, -0.1) is 0 Å². The highest BCUT2D eigenvalue weighted by Gasteiger charge is 2.41. The van der Waals surface area contributed by atoms with E-state index in [0.717, 1.165) is 12.8 Å². The summed E-state index contributed by atoms with van der Waals surface area (Å²) in [6.07, 6.45) is -1.53. The van der Waals surface area contributed by atoms with Gasteiger partial charge in [0.05, 0.1) is 12.2 Å². The fourth-order valence-electron chi connectivity index (χ4n) is 2.53. The minimum Gasteiger partial charge on any atom is -0.388 e. The molecule has 2 rings (SSSR count). The molecule has 0 radical (unpaired) electrons. The number of hydrogen-bond acceptors (Lipinski definition) is 4. The quantitative estimate of drug-likeness (QED) is 0.756. The van der Waals surface area contributed by atoms with Crippen LogP contribution in [-0.2, 0) is 11.2 Å². The Kier molecular flexibility index (Phi) is 4.93. The molecule has 0 aliphatic carbocycles. The predicted octanol–water partition coefficient (Wildman–Crippen LogP) is 0.879. The molecule has 0 amide bonds. The van der Waals surface area contributed by atoms with Crippen LogP contribution in [0.5, 0.6) is 0 Å². The van der Waals surface area contributed by atoms with Crippen molar-refractivity contribution >= 4 is 0 Å². The molecule has 1 aromatic rings. The lowest BCUT2D eigenvalue weighted by atomic mass is 9.92. The average molecular weight is 266 g/mol. The highest BCUT2D eigenvalue weighted by Crippen LogP contribution is 2.24. The molecule has 5 unspecified atom stereocenters. The van der Waals surface area contributed by atoms with Crippen molar-refractivity contribution in [1.29, 1.82) is 0 Å². The third-order valence-corrected chi connectivity index (χ3v) is 3.75. The van der Waals surface area contributed by atoms with E-state index in [1.54, 1.807) is 6.92 Å². The lowest BCUT2D eigenvalue weighted by molar-refractivity contribution is -0.218. The van der Waals surface area contributed by atoms with Gasteiger partial charge in [-0.1, -0.05) is 30.3 Å². The van der Waals surface area contributed by atoms with Crippen LogP contribution in [0.1, 0.15) is 25.3 Å². The fourth-order valence-corrected chi connectivity index (χ4v) is 2.53. The zero-order valence-electron chi connectivity index (χ0n) is 11.1. The van der Waals surface area contributed by atoms with Crippen molar-refractivity contribution in [1.82, 2.24) is 0 Å². The molecule has 5 atom stereocenters. The smallest absolute Gasteiger partial charge is 0.111 e. The van der Waals surface area contributed by atoms with Crippen LogP contribution in [-0.4, -0.2) is 45.8 Å². The van der Waals surface area contributed by atoms with Crippen molar-refractivity contribution in [2.45, 2.75) is 56.7 Å². The van der Waals surface area contributed by atoms with E-state index in [9.17, 15) is 15.3 Å². The number of aliphatic hydroxyl groups excluding tert-OH is 3. The molecule has 1 saturated heterocycles. The van der Waals surface area contributed by atoms with Gasteiger partial charge in [0.1, 0.15) is 18.3 Å². The van der Waals surface area contributed by atoms with Crippen LogP contribution in [0.3, 0.4) is 0 Å². The summed E-state index contributed by atoms with van der Waals surface area (Å²) in [5.41, 5.74) is 1.25. The van der Waals surface area contributed by atoms with Gasteiger partial charge in [-0.05, 0) is 31.7 Å². The Balaban J connectivity index is 1.82. The minimum atomic E-state index is -1.12. The molecule has 0 bridgehead atoms. The van der Waals surface area contributed by atoms with E-state index in [4.69, 9.17) is 4.74 Å². The second-order valence-corrected chi connectivity index (χ2v) is 5.23. The highest BCUT2D eigenvalue weighted by molar-refractivity contribution is 5.14. The molecule has 3 N–H and O–H groups in total. The monoisotopic (exact) mass is 266 g/mol. The molecule has 1 heterocycles. The van der Waals surface area contributed by atoms with Crippen molar-refractivity contribution in [3.63, 3.8) is 0 Å². The number of ether oxygens (including phenoxy) is 1. The maximum atomic E-state index is 9.89. The van der Waals surface area contributed by atoms with E-state index in [2.05, 4.69) is 12.1 Å². The summed E-state index contributed by atoms with van der Waals surface area (Å²) < 4.78 is 5.56. The van der Waals surface area contributed by atoms with Gasteiger partial charge in [0, 0.05) is 0 Å². The van der Waals surface area contributed by atoms with Crippen molar-refractivity contribution in [2.24, 2.45) is 0 Å². The predicted molar refractivity (Wildman–Crippen MR) is 71.7 cm³/mol. The Morgan fingerprint density at radius 2 is 1.68 bits per heavy atom. The van der Waals surface area contributed by atoms with Crippen molar-refractivity contribution in [2.75, 3.05) is 0 Å². The third-order valence-electron chi connectivity index (χ3n) is 3.75. The third kappa shape index (κ3) is 3.54. The summed E-state index contributed by atoms with van der Waals surface area (Å²) >= 11 is 0. The van der Waals surface area contributed by atoms with Gasteiger partial charge < -0.3 is 20.1 Å². The Hall–Kier alpha value is -0.940. The molecule has 106 valence electrons. The van der Waals surface area contributed by atoms with E-state index in [1.807, 2.05) is 18.2 Å². The summed E-state index contributed by atoms with van der Waals surface area (Å²) in [6.45, 7) is 1.71. The van der Waals surface area contributed by atoms with Crippen LogP contribution in [0.2, 0.25) is 0 Å². The second-order valence-electron chi connectivity index (χ2n) is 5.23. The van der Waals surface area contributed by atoms with Crippen LogP contribution in [0, 0.1) is 0 Å². The molecule has 1 aromatic carbocycles. The van der Waals surface area contributed by atoms with Gasteiger partial charge in [0.2, 0.25) is 0 Å². The molecule has 4 heteroatoms. The second kappa shape index (κ2) is 6.48. The standard InChI is InChI=1S/C15H22O4/c1-10-13(16)15(18)14(17)12(19-10)9-5-8-11-6-3-2-4-7-11/h2-4,6-7,10,12-18H,5,8-9H2,1H3. The maximum absolute atomic E-state index is 9.89. The van der Waals surface area contributed by atoms with Gasteiger partial charge in [-0.3, -0.25) is 0 Å². The fraction of sp³-hybridized carbons (Fsp3) is 0.600. The van der Waals surface area contributed by atoms with E-state index in [0.29, 0.717) is 6.42 Å². The molecule has 1 aliphatic rings. The maximum Gasteiger partial charge on any atom is 0.111 e. The van der Waals surface area contributed by atoms with E-state index in [1.165, 1.54) is 5.56 Å². The van der Waals surface area contributed by atoms with Crippen molar-refractivity contribution in [3.8, 4) is 0 Å². The normalized spacial score (nSPS) is 35.3. The van der Waals surface area contributed by atoms with E-state index >= 15 is 0 Å². The number of aliphatic hydroxyl groups is 3. The molecule has 0 spiro atoms. The molecule has 1 fully saturated rings. The first-order chi connectivity index (χ1) is 9.09. The first kappa shape index (κ1) is 14.5. The minimum absolute atomic E-state index is 0.405. The van der Waals surface area contributed by atoms with Crippen LogP contribution >= 0.6 is 0 Å². The Labute approximate surface area is 113 Å².